The molecular weight excluding hydrogens is 487 g/mol. The van der Waals surface area contributed by atoms with E-state index >= 15 is 0 Å². The molecule has 10 heteroatoms. The first-order valence-electron chi connectivity index (χ1n) is 10.0. The average Bonchev–Trinajstić information content (AvgIpc) is 3.21. The Hall–Kier alpha value is -1.59. The molecule has 0 saturated carbocycles. The van der Waals surface area contributed by atoms with E-state index < -0.39 is 5.60 Å². The largest absolute Gasteiger partial charge is 0.444 e. The number of hydrogen-bond donors (Lipinski definition) is 2. The number of carbonyl (C=O) groups is 1. The summed E-state index contributed by atoms with van der Waals surface area (Å²) >= 11 is 0. The van der Waals surface area contributed by atoms with Crippen molar-refractivity contribution in [3.8, 4) is 0 Å². The van der Waals surface area contributed by atoms with E-state index in [1.807, 2.05) is 41.5 Å². The van der Waals surface area contributed by atoms with Gasteiger partial charge >= 0.3 is 6.09 Å². The van der Waals surface area contributed by atoms with Crippen molar-refractivity contribution in [2.45, 2.75) is 71.9 Å². The first kappa shape index (κ1) is 25.4. The molecule has 0 bridgehead atoms. The second-order valence-electron chi connectivity index (χ2n) is 8.26. The molecule has 2 N–H and O–H groups in total. The van der Waals surface area contributed by atoms with Gasteiger partial charge in [-0.3, -0.25) is 4.99 Å². The van der Waals surface area contributed by atoms with E-state index in [-0.39, 0.29) is 42.0 Å². The molecule has 1 aliphatic rings. The lowest BCUT2D eigenvalue weighted by atomic mass is 10.2. The Morgan fingerprint density at radius 1 is 1.41 bits per heavy atom. The summed E-state index contributed by atoms with van der Waals surface area (Å²) < 4.78 is 10.6. The smallest absolute Gasteiger partial charge is 0.407 e. The number of amides is 1. The minimum atomic E-state index is -0.497. The Morgan fingerprint density at radius 2 is 2.14 bits per heavy atom. The Labute approximate surface area is 190 Å². The second-order valence-corrected chi connectivity index (χ2v) is 8.26. The molecular formula is C19H35IN6O3. The Morgan fingerprint density at radius 3 is 2.72 bits per heavy atom. The fourth-order valence-corrected chi connectivity index (χ4v) is 2.83. The summed E-state index contributed by atoms with van der Waals surface area (Å²) in [5, 5.41) is 10.2. The number of likely N-dealkylation sites (tertiary alicyclic amines) is 1. The van der Waals surface area contributed by atoms with Gasteiger partial charge in [-0.05, 0) is 34.1 Å². The highest BCUT2D eigenvalue weighted by molar-refractivity contribution is 14.0. The summed E-state index contributed by atoms with van der Waals surface area (Å²) in [6, 6.07) is 0.0447. The van der Waals surface area contributed by atoms with E-state index in [4.69, 9.17) is 9.26 Å². The number of rotatable bonds is 6. The number of hydrogen-bond acceptors (Lipinski definition) is 6. The first-order chi connectivity index (χ1) is 13.2. The van der Waals surface area contributed by atoms with Crippen LogP contribution in [0.1, 0.15) is 65.6 Å². The molecule has 1 atom stereocenters. The molecule has 1 fully saturated rings. The van der Waals surface area contributed by atoms with Crippen LogP contribution in [-0.2, 0) is 11.2 Å². The van der Waals surface area contributed by atoms with E-state index in [9.17, 15) is 4.79 Å². The number of aliphatic imine (C=N–C) groups is 1. The van der Waals surface area contributed by atoms with Crippen molar-refractivity contribution in [2.75, 3.05) is 26.2 Å². The molecule has 0 aliphatic carbocycles. The van der Waals surface area contributed by atoms with Crippen LogP contribution >= 0.6 is 24.0 Å². The van der Waals surface area contributed by atoms with Crippen molar-refractivity contribution in [1.82, 2.24) is 25.7 Å². The summed E-state index contributed by atoms with van der Waals surface area (Å²) in [6.45, 7) is 14.5. The molecule has 1 amide bonds. The fraction of sp³-hybridized carbons (Fsp3) is 0.789. The lowest BCUT2D eigenvalue weighted by Crippen LogP contribution is -2.44. The van der Waals surface area contributed by atoms with Crippen LogP contribution < -0.4 is 10.6 Å². The third-order valence-corrected chi connectivity index (χ3v) is 4.13. The maximum Gasteiger partial charge on any atom is 0.407 e. The van der Waals surface area contributed by atoms with Crippen molar-refractivity contribution in [3.63, 3.8) is 0 Å². The Balaban J connectivity index is 0.00000420. The number of nitrogens with one attached hydrogen (secondary N) is 2. The molecule has 29 heavy (non-hydrogen) atoms. The number of nitrogens with zero attached hydrogens (tertiary/aromatic N) is 4. The van der Waals surface area contributed by atoms with Crippen LogP contribution in [0.2, 0.25) is 0 Å². The zero-order valence-corrected chi connectivity index (χ0v) is 20.6. The molecule has 0 aromatic carbocycles. The summed E-state index contributed by atoms with van der Waals surface area (Å²) in [5.41, 5.74) is -0.497. The minimum absolute atomic E-state index is 0. The third-order valence-electron chi connectivity index (χ3n) is 4.13. The lowest BCUT2D eigenvalue weighted by molar-refractivity contribution is 0.0507. The van der Waals surface area contributed by atoms with Gasteiger partial charge in [-0.2, -0.15) is 4.98 Å². The van der Waals surface area contributed by atoms with Gasteiger partial charge in [0.05, 0.1) is 12.6 Å². The molecule has 1 saturated heterocycles. The van der Waals surface area contributed by atoms with Crippen molar-refractivity contribution in [2.24, 2.45) is 4.99 Å². The van der Waals surface area contributed by atoms with E-state index in [0.29, 0.717) is 25.4 Å². The highest BCUT2D eigenvalue weighted by atomic mass is 127. The zero-order valence-electron chi connectivity index (χ0n) is 18.3. The summed E-state index contributed by atoms with van der Waals surface area (Å²) in [6.07, 6.45) is 1.08. The molecule has 1 aromatic heterocycles. The van der Waals surface area contributed by atoms with Crippen LogP contribution in [0.25, 0.3) is 0 Å². The van der Waals surface area contributed by atoms with Gasteiger partial charge in [-0.15, -0.1) is 24.0 Å². The molecule has 0 spiro atoms. The number of alkyl carbamates (subject to hydrolysis) is 1. The Bertz CT molecular complexity index is 671. The molecule has 166 valence electrons. The monoisotopic (exact) mass is 522 g/mol. The maximum absolute atomic E-state index is 12.0. The predicted octanol–water partition coefficient (Wildman–Crippen LogP) is 2.92. The van der Waals surface area contributed by atoms with Crippen LogP contribution in [0.4, 0.5) is 4.79 Å². The third kappa shape index (κ3) is 8.75. The van der Waals surface area contributed by atoms with Crippen LogP contribution in [0, 0.1) is 0 Å². The topological polar surface area (TPSA) is 105 Å². The van der Waals surface area contributed by atoms with E-state index in [1.54, 1.807) is 0 Å². The number of guanidine groups is 1. The van der Waals surface area contributed by atoms with Gasteiger partial charge in [0.15, 0.2) is 11.8 Å². The van der Waals surface area contributed by atoms with E-state index in [1.165, 1.54) is 0 Å². The molecule has 2 rings (SSSR count). The summed E-state index contributed by atoms with van der Waals surface area (Å²) in [5.74, 6) is 2.41. The van der Waals surface area contributed by atoms with E-state index in [2.05, 4.69) is 30.7 Å². The Kier molecular flexibility index (Phi) is 10.1. The minimum Gasteiger partial charge on any atom is -0.444 e. The summed E-state index contributed by atoms with van der Waals surface area (Å²) in [7, 11) is 0. The lowest BCUT2D eigenvalue weighted by Gasteiger charge is -2.23. The van der Waals surface area contributed by atoms with Crippen LogP contribution in [-0.4, -0.2) is 64.9 Å². The molecule has 0 radical (unpaired) electrons. The quantitative estimate of drug-likeness (QED) is 0.336. The standard InChI is InChI=1S/C19H34N6O3.HI/c1-7-20-17(21-10-8-15-23-16(13(2)3)24-28-15)25-11-9-14(12-25)22-18(26)27-19(4,5)6;/h13-14H,7-12H2,1-6H3,(H,20,21)(H,22,26);1H. The average molecular weight is 522 g/mol. The number of halogens is 1. The van der Waals surface area contributed by atoms with Crippen molar-refractivity contribution < 1.29 is 14.1 Å². The van der Waals surface area contributed by atoms with Crippen LogP contribution in [0.3, 0.4) is 0 Å². The normalized spacial score (nSPS) is 17.3. The van der Waals surface area contributed by atoms with Crippen molar-refractivity contribution in [3.05, 3.63) is 11.7 Å². The van der Waals surface area contributed by atoms with Gasteiger partial charge < -0.3 is 24.8 Å². The molecule has 1 unspecified atom stereocenters. The molecule has 1 aromatic rings. The van der Waals surface area contributed by atoms with Gasteiger partial charge in [0, 0.05) is 32.0 Å². The number of carbonyl (C=O) groups excluding carboxylic acids is 1. The zero-order chi connectivity index (χ0) is 20.7. The number of ether oxygens (including phenoxy) is 1. The van der Waals surface area contributed by atoms with Crippen LogP contribution in [0.15, 0.2) is 9.52 Å². The van der Waals surface area contributed by atoms with Gasteiger partial charge in [-0.25, -0.2) is 4.79 Å². The molecule has 2 heterocycles. The van der Waals surface area contributed by atoms with Gasteiger partial charge in [-0.1, -0.05) is 19.0 Å². The SMILES string of the molecule is CCNC(=NCCc1nc(C(C)C)no1)N1CCC(NC(=O)OC(C)(C)C)C1.I. The first-order valence-corrected chi connectivity index (χ1v) is 10.0. The number of aromatic nitrogens is 2. The van der Waals surface area contributed by atoms with Gasteiger partial charge in [0.1, 0.15) is 5.60 Å². The molecule has 1 aliphatic heterocycles. The van der Waals surface area contributed by atoms with E-state index in [0.717, 1.165) is 31.3 Å². The highest BCUT2D eigenvalue weighted by Crippen LogP contribution is 2.13. The highest BCUT2D eigenvalue weighted by Gasteiger charge is 2.27. The maximum atomic E-state index is 12.0. The van der Waals surface area contributed by atoms with Gasteiger partial charge in [0.2, 0.25) is 5.89 Å². The van der Waals surface area contributed by atoms with Crippen LogP contribution in [0.5, 0.6) is 0 Å². The van der Waals surface area contributed by atoms with Crippen molar-refractivity contribution in [1.29, 1.82) is 0 Å². The molecule has 9 nitrogen and oxygen atoms in total. The predicted molar refractivity (Wildman–Crippen MR) is 123 cm³/mol. The summed E-state index contributed by atoms with van der Waals surface area (Å²) in [4.78, 5) is 23.2. The van der Waals surface area contributed by atoms with Crippen molar-refractivity contribution >= 4 is 36.0 Å². The second kappa shape index (κ2) is 11.6. The van der Waals surface area contributed by atoms with Gasteiger partial charge in [0.25, 0.3) is 0 Å². The fourth-order valence-electron chi connectivity index (χ4n) is 2.83.